The van der Waals surface area contributed by atoms with Crippen molar-refractivity contribution >= 4 is 5.91 Å². The summed E-state index contributed by atoms with van der Waals surface area (Å²) in [6.07, 6.45) is 1.93. The van der Waals surface area contributed by atoms with Gasteiger partial charge in [-0.3, -0.25) is 4.79 Å². The first-order valence-electron chi connectivity index (χ1n) is 7.34. The predicted octanol–water partition coefficient (Wildman–Crippen LogP) is 2.28. The number of nitrogens with two attached hydrogens (primary N) is 1. The zero-order valence-electron chi connectivity index (χ0n) is 12.3. The molecule has 0 aromatic heterocycles. The van der Waals surface area contributed by atoms with Gasteiger partial charge in [0.25, 0.3) is 5.91 Å². The van der Waals surface area contributed by atoms with Gasteiger partial charge in [-0.2, -0.15) is 0 Å². The van der Waals surface area contributed by atoms with E-state index in [1.54, 1.807) is 0 Å². The van der Waals surface area contributed by atoms with Crippen molar-refractivity contribution in [3.63, 3.8) is 0 Å². The summed E-state index contributed by atoms with van der Waals surface area (Å²) in [6, 6.07) is 7.51. The lowest BCUT2D eigenvalue weighted by Gasteiger charge is -2.16. The van der Waals surface area contributed by atoms with E-state index in [0.29, 0.717) is 24.6 Å². The minimum Gasteiger partial charge on any atom is -0.494 e. The first kappa shape index (κ1) is 14.9. The van der Waals surface area contributed by atoms with Crippen LogP contribution in [0.2, 0.25) is 0 Å². The van der Waals surface area contributed by atoms with Gasteiger partial charge in [0.2, 0.25) is 0 Å². The molecule has 1 heterocycles. The van der Waals surface area contributed by atoms with Crippen LogP contribution in [0.25, 0.3) is 0 Å². The molecule has 2 rings (SSSR count). The second-order valence-corrected chi connectivity index (χ2v) is 5.86. The lowest BCUT2D eigenvalue weighted by molar-refractivity contribution is 0.0791. The molecule has 0 bridgehead atoms. The predicted molar refractivity (Wildman–Crippen MR) is 79.9 cm³/mol. The summed E-state index contributed by atoms with van der Waals surface area (Å²) in [5, 5.41) is 0. The standard InChI is InChI=1S/C16H24N2O2/c1-12(2)8-10-20-15-5-3-13(4-6-15)16(19)18-9-7-14(17)11-18/h3-6,12,14H,7-11,17H2,1-2H3/t14-/m1/s1. The second kappa shape index (κ2) is 6.75. The van der Waals surface area contributed by atoms with E-state index in [1.165, 1.54) is 0 Å². The first-order valence-corrected chi connectivity index (χ1v) is 7.34. The van der Waals surface area contributed by atoms with E-state index in [1.807, 2.05) is 29.2 Å². The Bertz CT molecular complexity index is 442. The van der Waals surface area contributed by atoms with Crippen molar-refractivity contribution in [3.8, 4) is 5.75 Å². The van der Waals surface area contributed by atoms with Crippen LogP contribution in [0.15, 0.2) is 24.3 Å². The minimum atomic E-state index is 0.0617. The minimum absolute atomic E-state index is 0.0617. The molecule has 0 radical (unpaired) electrons. The van der Waals surface area contributed by atoms with Gasteiger partial charge in [0, 0.05) is 24.7 Å². The number of amides is 1. The topological polar surface area (TPSA) is 55.6 Å². The smallest absolute Gasteiger partial charge is 0.253 e. The Morgan fingerprint density at radius 2 is 2.10 bits per heavy atom. The molecule has 1 saturated heterocycles. The molecule has 4 nitrogen and oxygen atoms in total. The van der Waals surface area contributed by atoms with Crippen LogP contribution in [0.1, 0.15) is 37.0 Å². The fourth-order valence-corrected chi connectivity index (χ4v) is 2.26. The average molecular weight is 276 g/mol. The number of likely N-dealkylation sites (tertiary alicyclic amines) is 1. The van der Waals surface area contributed by atoms with E-state index in [9.17, 15) is 4.79 Å². The Balaban J connectivity index is 1.89. The van der Waals surface area contributed by atoms with Crippen molar-refractivity contribution in [3.05, 3.63) is 29.8 Å². The summed E-state index contributed by atoms with van der Waals surface area (Å²) < 4.78 is 5.65. The normalized spacial score (nSPS) is 18.6. The Labute approximate surface area is 120 Å². The van der Waals surface area contributed by atoms with Crippen molar-refractivity contribution in [2.24, 2.45) is 11.7 Å². The van der Waals surface area contributed by atoms with E-state index >= 15 is 0 Å². The van der Waals surface area contributed by atoms with Gasteiger partial charge in [0.1, 0.15) is 5.75 Å². The van der Waals surface area contributed by atoms with Crippen LogP contribution < -0.4 is 10.5 Å². The molecule has 2 N–H and O–H groups in total. The molecule has 20 heavy (non-hydrogen) atoms. The van der Waals surface area contributed by atoms with Crippen molar-refractivity contribution in [1.29, 1.82) is 0 Å². The molecule has 0 unspecified atom stereocenters. The maximum absolute atomic E-state index is 12.2. The van der Waals surface area contributed by atoms with Crippen molar-refractivity contribution in [2.75, 3.05) is 19.7 Å². The molecule has 110 valence electrons. The Morgan fingerprint density at radius 3 is 2.65 bits per heavy atom. The quantitative estimate of drug-likeness (QED) is 0.897. The van der Waals surface area contributed by atoms with E-state index < -0.39 is 0 Å². The average Bonchev–Trinajstić information content (AvgIpc) is 2.85. The Hall–Kier alpha value is -1.55. The molecule has 1 aliphatic heterocycles. The summed E-state index contributed by atoms with van der Waals surface area (Å²) in [4.78, 5) is 14.1. The molecule has 4 heteroatoms. The fraction of sp³-hybridized carbons (Fsp3) is 0.562. The third-order valence-electron chi connectivity index (χ3n) is 3.58. The summed E-state index contributed by atoms with van der Waals surface area (Å²) in [5.41, 5.74) is 6.53. The summed E-state index contributed by atoms with van der Waals surface area (Å²) in [5.74, 6) is 1.52. The maximum Gasteiger partial charge on any atom is 0.253 e. The van der Waals surface area contributed by atoms with Crippen LogP contribution in [0.5, 0.6) is 5.75 Å². The van der Waals surface area contributed by atoms with Gasteiger partial charge in [-0.25, -0.2) is 0 Å². The number of nitrogens with zero attached hydrogens (tertiary/aromatic N) is 1. The van der Waals surface area contributed by atoms with E-state index in [-0.39, 0.29) is 11.9 Å². The first-order chi connectivity index (χ1) is 9.56. The molecule has 0 saturated carbocycles. The van der Waals surface area contributed by atoms with Gasteiger partial charge >= 0.3 is 0 Å². The Kier molecular flexibility index (Phi) is 5.01. The van der Waals surface area contributed by atoms with E-state index in [0.717, 1.165) is 25.1 Å². The highest BCUT2D eigenvalue weighted by molar-refractivity contribution is 5.94. The highest BCUT2D eigenvalue weighted by Crippen LogP contribution is 2.17. The van der Waals surface area contributed by atoms with Gasteiger partial charge in [-0.1, -0.05) is 13.8 Å². The number of carbonyl (C=O) groups excluding carboxylic acids is 1. The van der Waals surface area contributed by atoms with E-state index in [2.05, 4.69) is 13.8 Å². The summed E-state index contributed by atoms with van der Waals surface area (Å²) >= 11 is 0. The monoisotopic (exact) mass is 276 g/mol. The Morgan fingerprint density at radius 1 is 1.40 bits per heavy atom. The molecule has 0 spiro atoms. The molecule has 1 aliphatic rings. The summed E-state index contributed by atoms with van der Waals surface area (Å²) in [7, 11) is 0. The van der Waals surface area contributed by atoms with Crippen LogP contribution >= 0.6 is 0 Å². The van der Waals surface area contributed by atoms with Crippen molar-refractivity contribution in [1.82, 2.24) is 4.90 Å². The highest BCUT2D eigenvalue weighted by atomic mass is 16.5. The number of hydrogen-bond acceptors (Lipinski definition) is 3. The third kappa shape index (κ3) is 3.97. The molecular formula is C16H24N2O2. The highest BCUT2D eigenvalue weighted by Gasteiger charge is 2.24. The van der Waals surface area contributed by atoms with Crippen LogP contribution in [-0.2, 0) is 0 Å². The molecule has 0 aliphatic carbocycles. The van der Waals surface area contributed by atoms with Crippen LogP contribution in [-0.4, -0.2) is 36.5 Å². The van der Waals surface area contributed by atoms with Gasteiger partial charge in [-0.05, 0) is 43.0 Å². The third-order valence-corrected chi connectivity index (χ3v) is 3.58. The number of hydrogen-bond donors (Lipinski definition) is 1. The number of ether oxygens (including phenoxy) is 1. The molecule has 1 fully saturated rings. The maximum atomic E-state index is 12.2. The number of rotatable bonds is 5. The van der Waals surface area contributed by atoms with Gasteiger partial charge in [0.05, 0.1) is 6.61 Å². The van der Waals surface area contributed by atoms with Gasteiger partial charge < -0.3 is 15.4 Å². The van der Waals surface area contributed by atoms with Crippen LogP contribution in [0, 0.1) is 5.92 Å². The van der Waals surface area contributed by atoms with Gasteiger partial charge in [-0.15, -0.1) is 0 Å². The second-order valence-electron chi connectivity index (χ2n) is 5.86. The van der Waals surface area contributed by atoms with Crippen molar-refractivity contribution < 1.29 is 9.53 Å². The molecule has 1 amide bonds. The zero-order chi connectivity index (χ0) is 14.5. The zero-order valence-corrected chi connectivity index (χ0v) is 12.3. The van der Waals surface area contributed by atoms with Crippen molar-refractivity contribution in [2.45, 2.75) is 32.7 Å². The summed E-state index contributed by atoms with van der Waals surface area (Å²) in [6.45, 7) is 6.47. The molecule has 1 atom stereocenters. The molecular weight excluding hydrogens is 252 g/mol. The van der Waals surface area contributed by atoms with Gasteiger partial charge in [0.15, 0.2) is 0 Å². The number of benzene rings is 1. The molecule has 1 aromatic carbocycles. The van der Waals surface area contributed by atoms with Crippen LogP contribution in [0.3, 0.4) is 0 Å². The lowest BCUT2D eigenvalue weighted by Crippen LogP contribution is -2.31. The molecule has 1 aromatic rings. The van der Waals surface area contributed by atoms with E-state index in [4.69, 9.17) is 10.5 Å². The largest absolute Gasteiger partial charge is 0.494 e. The fourth-order valence-electron chi connectivity index (χ4n) is 2.26. The van der Waals surface area contributed by atoms with Crippen LogP contribution in [0.4, 0.5) is 0 Å². The lowest BCUT2D eigenvalue weighted by atomic mass is 10.1. The SMILES string of the molecule is CC(C)CCOc1ccc(C(=O)N2CC[C@@H](N)C2)cc1. The number of carbonyl (C=O) groups is 1.